The van der Waals surface area contributed by atoms with Gasteiger partial charge in [0.05, 0.1) is 29.7 Å². The van der Waals surface area contributed by atoms with Crippen LogP contribution >= 0.6 is 7.14 Å². The number of imide groups is 1. The lowest BCUT2D eigenvalue weighted by Crippen LogP contribution is -2.53. The number of aromatic nitrogens is 4. The van der Waals surface area contributed by atoms with Crippen LogP contribution in [0.3, 0.4) is 0 Å². The van der Waals surface area contributed by atoms with Crippen molar-refractivity contribution in [1.29, 1.82) is 0 Å². The van der Waals surface area contributed by atoms with E-state index < -0.39 is 19.1 Å². The number of H-pyrrole nitrogens is 1. The highest BCUT2D eigenvalue weighted by Gasteiger charge is 2.39. The van der Waals surface area contributed by atoms with Crippen LogP contribution < -0.4 is 35.6 Å². The Bertz CT molecular complexity index is 2640. The lowest BCUT2D eigenvalue weighted by atomic mass is 9.99. The van der Waals surface area contributed by atoms with Crippen LogP contribution in [0.25, 0.3) is 11.3 Å². The zero-order chi connectivity index (χ0) is 46.0. The minimum atomic E-state index is -2.59. The number of fused-ring (bicyclic) bond motifs is 1. The Labute approximate surface area is 385 Å². The molecule has 0 radical (unpaired) electrons. The number of para-hydroxylation sites is 1. The van der Waals surface area contributed by atoms with Crippen LogP contribution in [-0.2, 0) is 27.1 Å². The molecule has 346 valence electrons. The highest BCUT2D eigenvalue weighted by atomic mass is 31.2. The van der Waals surface area contributed by atoms with Crippen LogP contribution in [0.1, 0.15) is 54.1 Å². The molecule has 18 heteroatoms. The Morgan fingerprint density at radius 2 is 1.70 bits per heavy atom. The van der Waals surface area contributed by atoms with Gasteiger partial charge in [0.25, 0.3) is 5.91 Å². The van der Waals surface area contributed by atoms with E-state index in [0.717, 1.165) is 98.6 Å². The summed E-state index contributed by atoms with van der Waals surface area (Å²) in [7, 11) is -0.909. The first kappa shape index (κ1) is 44.9. The summed E-state index contributed by atoms with van der Waals surface area (Å²) < 4.78 is 25.4. The average molecular weight is 916 g/mol. The molecular weight excluding hydrogens is 858 g/mol. The van der Waals surface area contributed by atoms with E-state index in [9.17, 15) is 18.9 Å². The first-order valence-electron chi connectivity index (χ1n) is 22.8. The molecule has 3 aromatic carbocycles. The molecule has 4 aliphatic rings. The Balaban J connectivity index is 0.780. The molecule has 3 saturated heterocycles. The molecule has 3 amide bonds. The molecule has 6 heterocycles. The van der Waals surface area contributed by atoms with Crippen LogP contribution in [0.15, 0.2) is 73.1 Å². The number of piperazine rings is 1. The van der Waals surface area contributed by atoms with E-state index in [1.54, 1.807) is 43.8 Å². The van der Waals surface area contributed by atoms with Gasteiger partial charge in [-0.05, 0) is 92.6 Å². The predicted octanol–water partition coefficient (Wildman–Crippen LogP) is 5.60. The van der Waals surface area contributed by atoms with E-state index in [0.29, 0.717) is 54.4 Å². The first-order chi connectivity index (χ1) is 31.9. The van der Waals surface area contributed by atoms with Crippen molar-refractivity contribution in [1.82, 2.24) is 40.2 Å². The second-order valence-electron chi connectivity index (χ2n) is 17.7. The first-order valence-corrected chi connectivity index (χ1v) is 25.4. The molecule has 1 unspecified atom stereocenters. The summed E-state index contributed by atoms with van der Waals surface area (Å²) in [5.41, 5.74) is 6.77. The Hall–Kier alpha value is -6.29. The SMILES string of the molecule is CCc1cc(Nc2ncc(-c3ccn[nH]3)c(Nc3ccccc3P(C)(C)=O)n2)c(OC)cc1N1CCC(N2CCN(CCOc3ccc4c(c3)CN(C3CCC(=O)NC3=O)C4=O)CC2)CC1. The number of aromatic amines is 1. The van der Waals surface area contributed by atoms with Crippen molar-refractivity contribution in [3.8, 4) is 22.8 Å². The highest BCUT2D eigenvalue weighted by molar-refractivity contribution is 7.70. The van der Waals surface area contributed by atoms with Gasteiger partial charge in [-0.2, -0.15) is 10.1 Å². The van der Waals surface area contributed by atoms with Gasteiger partial charge in [-0.3, -0.25) is 34.6 Å². The number of hydrogen-bond donors (Lipinski definition) is 4. The lowest BCUT2D eigenvalue weighted by molar-refractivity contribution is -0.136. The largest absolute Gasteiger partial charge is 0.494 e. The molecule has 4 N–H and O–H groups in total. The fourth-order valence-electron chi connectivity index (χ4n) is 9.65. The van der Waals surface area contributed by atoms with Gasteiger partial charge in [-0.25, -0.2) is 4.98 Å². The Morgan fingerprint density at radius 3 is 2.42 bits per heavy atom. The number of methoxy groups -OCH3 is 1. The van der Waals surface area contributed by atoms with Gasteiger partial charge in [0.15, 0.2) is 0 Å². The monoisotopic (exact) mass is 915 g/mol. The van der Waals surface area contributed by atoms with Crippen LogP contribution in [0.4, 0.5) is 28.8 Å². The van der Waals surface area contributed by atoms with E-state index >= 15 is 0 Å². The number of hydrogen-bond acceptors (Lipinski definition) is 14. The second-order valence-corrected chi connectivity index (χ2v) is 20.9. The van der Waals surface area contributed by atoms with Crippen molar-refractivity contribution in [2.24, 2.45) is 0 Å². The summed E-state index contributed by atoms with van der Waals surface area (Å²) >= 11 is 0. The van der Waals surface area contributed by atoms with Gasteiger partial charge in [0, 0.05) is 99.8 Å². The smallest absolute Gasteiger partial charge is 0.255 e. The van der Waals surface area contributed by atoms with Gasteiger partial charge < -0.3 is 34.5 Å². The normalized spacial score (nSPS) is 18.6. The van der Waals surface area contributed by atoms with Crippen molar-refractivity contribution >= 4 is 59.0 Å². The molecule has 0 bridgehead atoms. The van der Waals surface area contributed by atoms with E-state index in [1.165, 1.54) is 11.3 Å². The summed E-state index contributed by atoms with van der Waals surface area (Å²) in [4.78, 5) is 55.9. The maximum Gasteiger partial charge on any atom is 0.255 e. The van der Waals surface area contributed by atoms with Gasteiger partial charge in [-0.15, -0.1) is 0 Å². The third kappa shape index (κ3) is 9.65. The number of benzene rings is 3. The molecule has 0 saturated carbocycles. The highest BCUT2D eigenvalue weighted by Crippen LogP contribution is 2.40. The molecule has 66 heavy (non-hydrogen) atoms. The van der Waals surface area contributed by atoms with E-state index in [-0.39, 0.29) is 18.2 Å². The molecule has 0 aliphatic carbocycles. The van der Waals surface area contributed by atoms with Crippen molar-refractivity contribution in [2.45, 2.75) is 57.7 Å². The average Bonchev–Trinajstić information content (AvgIpc) is 3.97. The van der Waals surface area contributed by atoms with Crippen LogP contribution in [0, 0.1) is 0 Å². The number of nitrogens with one attached hydrogen (secondary N) is 4. The van der Waals surface area contributed by atoms with E-state index in [2.05, 4.69) is 64.9 Å². The molecule has 9 rings (SSSR count). The number of rotatable bonds is 15. The van der Waals surface area contributed by atoms with Crippen LogP contribution in [-0.4, -0.2) is 138 Å². The molecule has 5 aromatic rings. The summed E-state index contributed by atoms with van der Waals surface area (Å²) in [6.45, 7) is 13.3. The molecular formula is C48H58N11O6P. The number of amides is 3. The third-order valence-electron chi connectivity index (χ3n) is 13.2. The number of ether oxygens (including phenoxy) is 2. The number of anilines is 5. The molecule has 1 atom stereocenters. The van der Waals surface area contributed by atoms with Gasteiger partial charge in [-0.1, -0.05) is 19.1 Å². The summed E-state index contributed by atoms with van der Waals surface area (Å²) in [6.07, 6.45) is 7.00. The number of carbonyl (C=O) groups excluding carboxylic acids is 3. The summed E-state index contributed by atoms with van der Waals surface area (Å²) in [5, 5.41) is 17.1. The van der Waals surface area contributed by atoms with Crippen molar-refractivity contribution in [2.75, 3.05) is 88.4 Å². The number of nitrogens with zero attached hydrogens (tertiary/aromatic N) is 7. The minimum absolute atomic E-state index is 0.181. The standard InChI is InChI=1S/C48H58N11O6P/c1-5-31-27-39(52-48-49-29-36(37-14-17-50-55-37)45(54-48)51-38-8-6-7-9-43(38)66(3,4)63)42(64-2)28-41(31)58-18-15-33(16-19-58)57-22-20-56(21-23-57)24-25-65-34-10-11-35-32(26-34)30-59(47(35)62)40-12-13-44(60)53-46(40)61/h6-11,14,17,26-29,33,40H,5,12-13,15-16,18-25,30H2,1-4H3,(H,50,55)(H,53,60,61)(H2,49,51,52,54). The zero-order valence-electron chi connectivity index (χ0n) is 38.0. The van der Waals surface area contributed by atoms with Gasteiger partial charge >= 0.3 is 0 Å². The number of carbonyl (C=O) groups is 3. The van der Waals surface area contributed by atoms with Gasteiger partial charge in [0.2, 0.25) is 17.8 Å². The van der Waals surface area contributed by atoms with Gasteiger partial charge in [0.1, 0.15) is 37.1 Å². The minimum Gasteiger partial charge on any atom is -0.494 e. The maximum atomic E-state index is 13.2. The Kier molecular flexibility index (Phi) is 13.1. The Morgan fingerprint density at radius 1 is 0.894 bits per heavy atom. The lowest BCUT2D eigenvalue weighted by Gasteiger charge is -2.43. The fourth-order valence-corrected chi connectivity index (χ4v) is 10.8. The van der Waals surface area contributed by atoms with Crippen molar-refractivity contribution in [3.05, 3.63) is 89.7 Å². The molecule has 4 aliphatic heterocycles. The quantitative estimate of drug-likeness (QED) is 0.0750. The molecule has 3 fully saturated rings. The number of aryl methyl sites for hydroxylation is 1. The molecule has 2 aromatic heterocycles. The zero-order valence-corrected chi connectivity index (χ0v) is 38.9. The summed E-state index contributed by atoms with van der Waals surface area (Å²) in [5.74, 6) is 1.46. The summed E-state index contributed by atoms with van der Waals surface area (Å²) in [6, 6.07) is 19.1. The van der Waals surface area contributed by atoms with Crippen molar-refractivity contribution < 1.29 is 28.4 Å². The third-order valence-corrected chi connectivity index (χ3v) is 14.8. The molecule has 17 nitrogen and oxygen atoms in total. The molecule has 0 spiro atoms. The maximum absolute atomic E-state index is 13.2. The van der Waals surface area contributed by atoms with E-state index in [4.69, 9.17) is 14.5 Å². The topological polar surface area (TPSA) is 190 Å². The predicted molar refractivity (Wildman–Crippen MR) is 255 cm³/mol. The number of piperidine rings is 2. The van der Waals surface area contributed by atoms with E-state index in [1.807, 2.05) is 42.5 Å². The fraction of sp³-hybridized carbons (Fsp3) is 0.417. The van der Waals surface area contributed by atoms with Crippen molar-refractivity contribution in [3.63, 3.8) is 0 Å². The van der Waals surface area contributed by atoms with Crippen LogP contribution in [0.2, 0.25) is 0 Å². The van der Waals surface area contributed by atoms with Crippen LogP contribution in [0.5, 0.6) is 11.5 Å². The second kappa shape index (κ2) is 19.3.